The van der Waals surface area contributed by atoms with Gasteiger partial charge in [0.1, 0.15) is 5.82 Å². The molecule has 0 bridgehead atoms. The number of amides is 2. The van der Waals surface area contributed by atoms with Gasteiger partial charge >= 0.3 is 0 Å². The molecule has 0 atom stereocenters. The van der Waals surface area contributed by atoms with Crippen LogP contribution < -0.4 is 10.6 Å². The lowest BCUT2D eigenvalue weighted by molar-refractivity contribution is 0.101. The van der Waals surface area contributed by atoms with Crippen LogP contribution in [0.5, 0.6) is 0 Å². The molecule has 182 valence electrons. The summed E-state index contributed by atoms with van der Waals surface area (Å²) in [5.41, 5.74) is 4.83. The molecule has 0 saturated carbocycles. The van der Waals surface area contributed by atoms with Crippen LogP contribution >= 0.6 is 23.2 Å². The monoisotopic (exact) mass is 527 g/mol. The van der Waals surface area contributed by atoms with Crippen molar-refractivity contribution in [1.29, 1.82) is 0 Å². The highest BCUT2D eigenvalue weighted by Gasteiger charge is 2.11. The Balaban J connectivity index is 1.23. The molecular formula is C28H19Cl2N5O2. The molecule has 3 N–H and O–H groups in total. The number of benzene rings is 3. The van der Waals surface area contributed by atoms with E-state index in [1.165, 1.54) is 12.3 Å². The predicted octanol–water partition coefficient (Wildman–Crippen LogP) is 6.95. The number of pyridine rings is 1. The molecule has 0 aliphatic carbocycles. The van der Waals surface area contributed by atoms with E-state index >= 15 is 0 Å². The molecule has 5 rings (SSSR count). The first kappa shape index (κ1) is 24.2. The van der Waals surface area contributed by atoms with Gasteiger partial charge in [-0.25, -0.2) is 4.98 Å². The van der Waals surface area contributed by atoms with Crippen molar-refractivity contribution in [3.63, 3.8) is 0 Å². The molecule has 2 amide bonds. The van der Waals surface area contributed by atoms with Gasteiger partial charge < -0.3 is 15.6 Å². The third-order valence-electron chi connectivity index (χ3n) is 5.55. The van der Waals surface area contributed by atoms with Gasteiger partial charge in [0.15, 0.2) is 0 Å². The molecule has 0 saturated heterocycles. The number of nitrogens with one attached hydrogen (secondary N) is 3. The van der Waals surface area contributed by atoms with Crippen molar-refractivity contribution in [3.8, 4) is 22.6 Å². The summed E-state index contributed by atoms with van der Waals surface area (Å²) >= 11 is 11.9. The minimum Gasteiger partial charge on any atom is -0.338 e. The van der Waals surface area contributed by atoms with Gasteiger partial charge in [-0.15, -0.1) is 0 Å². The molecule has 37 heavy (non-hydrogen) atoms. The molecule has 5 aromatic rings. The third kappa shape index (κ3) is 5.69. The molecule has 2 aromatic heterocycles. The second-order valence-electron chi connectivity index (χ2n) is 8.08. The van der Waals surface area contributed by atoms with Crippen LogP contribution in [0.1, 0.15) is 20.7 Å². The maximum Gasteiger partial charge on any atom is 0.257 e. The van der Waals surface area contributed by atoms with Gasteiger partial charge in [0.25, 0.3) is 11.8 Å². The molecule has 7 nitrogen and oxygen atoms in total. The van der Waals surface area contributed by atoms with Gasteiger partial charge in [-0.05, 0) is 72.3 Å². The number of carbonyl (C=O) groups excluding carboxylic acids is 2. The predicted molar refractivity (Wildman–Crippen MR) is 146 cm³/mol. The Bertz CT molecular complexity index is 1570. The summed E-state index contributed by atoms with van der Waals surface area (Å²) in [5.74, 6) is 0.180. The summed E-state index contributed by atoms with van der Waals surface area (Å²) in [7, 11) is 0. The zero-order chi connectivity index (χ0) is 25.8. The van der Waals surface area contributed by atoms with E-state index in [4.69, 9.17) is 23.2 Å². The second kappa shape index (κ2) is 10.7. The van der Waals surface area contributed by atoms with Crippen molar-refractivity contribution < 1.29 is 9.59 Å². The number of hydrogen-bond acceptors (Lipinski definition) is 4. The quantitative estimate of drug-likeness (QED) is 0.222. The van der Waals surface area contributed by atoms with E-state index in [-0.39, 0.29) is 11.8 Å². The molecule has 2 heterocycles. The molecule has 9 heteroatoms. The fourth-order valence-electron chi connectivity index (χ4n) is 3.60. The number of hydrogen-bond donors (Lipinski definition) is 3. The first-order chi connectivity index (χ1) is 18.0. The fourth-order valence-corrected chi connectivity index (χ4v) is 3.90. The number of halogens is 2. The molecule has 0 unspecified atom stereocenters. The Kier molecular flexibility index (Phi) is 6.98. The maximum absolute atomic E-state index is 12.5. The summed E-state index contributed by atoms with van der Waals surface area (Å²) in [4.78, 5) is 36.6. The van der Waals surface area contributed by atoms with Gasteiger partial charge in [0, 0.05) is 34.9 Å². The summed E-state index contributed by atoms with van der Waals surface area (Å²) in [6.45, 7) is 0. The number of carbonyl (C=O) groups is 2. The van der Waals surface area contributed by atoms with E-state index < -0.39 is 0 Å². The molecular weight excluding hydrogens is 509 g/mol. The Morgan fingerprint density at radius 1 is 0.703 bits per heavy atom. The van der Waals surface area contributed by atoms with Gasteiger partial charge in [-0.1, -0.05) is 35.3 Å². The van der Waals surface area contributed by atoms with Crippen molar-refractivity contribution in [2.24, 2.45) is 0 Å². The SMILES string of the molecule is O=C(Nc1ccc(-c2cnc(-c3ccc(NC(=O)c4ccc(Cl)c(Cl)c4)cc3)[nH]2)cc1)c1cccnc1. The lowest BCUT2D eigenvalue weighted by Gasteiger charge is -2.07. The smallest absolute Gasteiger partial charge is 0.257 e. The summed E-state index contributed by atoms with van der Waals surface area (Å²) in [5, 5.41) is 6.41. The van der Waals surface area contributed by atoms with Gasteiger partial charge in [-0.2, -0.15) is 0 Å². The molecule has 0 spiro atoms. The van der Waals surface area contributed by atoms with Crippen LogP contribution in [0.4, 0.5) is 11.4 Å². The number of aromatic amines is 1. The van der Waals surface area contributed by atoms with Crippen molar-refractivity contribution >= 4 is 46.4 Å². The maximum atomic E-state index is 12.5. The molecule has 0 radical (unpaired) electrons. The van der Waals surface area contributed by atoms with Crippen LogP contribution in [0, 0.1) is 0 Å². The van der Waals surface area contributed by atoms with Crippen molar-refractivity contribution in [2.75, 3.05) is 10.6 Å². The van der Waals surface area contributed by atoms with Crippen LogP contribution in [-0.2, 0) is 0 Å². The molecule has 0 aliphatic rings. The average Bonchev–Trinajstić information content (AvgIpc) is 3.42. The largest absolute Gasteiger partial charge is 0.338 e. The van der Waals surface area contributed by atoms with Crippen LogP contribution in [-0.4, -0.2) is 26.8 Å². The zero-order valence-corrected chi connectivity index (χ0v) is 20.7. The highest BCUT2D eigenvalue weighted by Crippen LogP contribution is 2.26. The minimum atomic E-state index is -0.285. The van der Waals surface area contributed by atoms with E-state index in [0.717, 1.165) is 16.8 Å². The number of nitrogens with zero attached hydrogens (tertiary/aromatic N) is 2. The number of H-pyrrole nitrogens is 1. The lowest BCUT2D eigenvalue weighted by Crippen LogP contribution is -2.11. The standard InChI is InChI=1S/C28H19Cl2N5O2/c29-23-12-7-19(14-24(23)30)27(36)33-22-10-5-18(6-11-22)26-32-16-25(35-26)17-3-8-21(9-4-17)34-28(37)20-2-1-13-31-15-20/h1-16H,(H,32,35)(H,33,36)(H,34,37). The highest BCUT2D eigenvalue weighted by atomic mass is 35.5. The number of rotatable bonds is 6. The first-order valence-electron chi connectivity index (χ1n) is 11.2. The van der Waals surface area contributed by atoms with Crippen LogP contribution in [0.25, 0.3) is 22.6 Å². The third-order valence-corrected chi connectivity index (χ3v) is 6.29. The van der Waals surface area contributed by atoms with E-state index in [0.29, 0.717) is 38.4 Å². The molecule has 0 aliphatic heterocycles. The number of imidazole rings is 1. The Morgan fingerprint density at radius 3 is 1.97 bits per heavy atom. The van der Waals surface area contributed by atoms with Gasteiger partial charge in [0.05, 0.1) is 27.5 Å². The molecule has 3 aromatic carbocycles. The van der Waals surface area contributed by atoms with Crippen LogP contribution in [0.3, 0.4) is 0 Å². The van der Waals surface area contributed by atoms with Crippen molar-refractivity contribution in [3.05, 3.63) is 119 Å². The zero-order valence-electron chi connectivity index (χ0n) is 19.2. The fraction of sp³-hybridized carbons (Fsp3) is 0. The Labute approximate surface area is 222 Å². The second-order valence-corrected chi connectivity index (χ2v) is 8.89. The van der Waals surface area contributed by atoms with E-state index in [1.807, 2.05) is 36.4 Å². The van der Waals surface area contributed by atoms with Crippen LogP contribution in [0.15, 0.2) is 97.5 Å². The Hall–Kier alpha value is -4.46. The highest BCUT2D eigenvalue weighted by molar-refractivity contribution is 6.42. The van der Waals surface area contributed by atoms with Gasteiger partial charge in [-0.3, -0.25) is 14.6 Å². The summed E-state index contributed by atoms with van der Waals surface area (Å²) in [6, 6.07) is 22.9. The van der Waals surface area contributed by atoms with Gasteiger partial charge in [0.2, 0.25) is 0 Å². The number of aromatic nitrogens is 3. The normalized spacial score (nSPS) is 10.6. The molecule has 0 fully saturated rings. The first-order valence-corrected chi connectivity index (χ1v) is 12.0. The number of anilines is 2. The van der Waals surface area contributed by atoms with Crippen LogP contribution in [0.2, 0.25) is 10.0 Å². The van der Waals surface area contributed by atoms with E-state index in [9.17, 15) is 9.59 Å². The van der Waals surface area contributed by atoms with Crippen molar-refractivity contribution in [1.82, 2.24) is 15.0 Å². The van der Waals surface area contributed by atoms with E-state index in [1.54, 1.807) is 48.8 Å². The summed E-state index contributed by atoms with van der Waals surface area (Å²) in [6.07, 6.45) is 4.89. The van der Waals surface area contributed by atoms with Crippen molar-refractivity contribution in [2.45, 2.75) is 0 Å². The topological polar surface area (TPSA) is 99.8 Å². The average molecular weight is 528 g/mol. The Morgan fingerprint density at radius 2 is 1.35 bits per heavy atom. The lowest BCUT2D eigenvalue weighted by atomic mass is 10.1. The summed E-state index contributed by atoms with van der Waals surface area (Å²) < 4.78 is 0. The minimum absolute atomic E-state index is 0.221. The van der Waals surface area contributed by atoms with E-state index in [2.05, 4.69) is 25.6 Å².